The Kier molecular flexibility index (Phi) is 8.50. The van der Waals surface area contributed by atoms with E-state index in [-0.39, 0.29) is 11.7 Å². The van der Waals surface area contributed by atoms with E-state index >= 15 is 0 Å². The summed E-state index contributed by atoms with van der Waals surface area (Å²) in [7, 11) is 0. The maximum absolute atomic E-state index is 12.7. The third-order valence-electron chi connectivity index (χ3n) is 5.19. The predicted octanol–water partition coefficient (Wildman–Crippen LogP) is 7.72. The molecule has 4 aromatic rings. The molecule has 1 aromatic heterocycles. The molecule has 0 saturated carbocycles. The van der Waals surface area contributed by atoms with Gasteiger partial charge < -0.3 is 10.1 Å². The highest BCUT2D eigenvalue weighted by molar-refractivity contribution is 8.00. The molecular weight excluding hydrogens is 513 g/mol. The molecule has 0 aliphatic carbocycles. The molecule has 1 amide bonds. The van der Waals surface area contributed by atoms with Gasteiger partial charge in [-0.15, -0.1) is 0 Å². The van der Waals surface area contributed by atoms with Crippen molar-refractivity contribution in [1.29, 1.82) is 5.26 Å². The van der Waals surface area contributed by atoms with Crippen molar-refractivity contribution in [2.75, 3.05) is 17.7 Å². The van der Waals surface area contributed by atoms with Crippen molar-refractivity contribution in [3.63, 3.8) is 0 Å². The van der Waals surface area contributed by atoms with E-state index in [1.54, 1.807) is 36.4 Å². The van der Waals surface area contributed by atoms with Gasteiger partial charge in [0.15, 0.2) is 0 Å². The van der Waals surface area contributed by atoms with Crippen LogP contribution in [0.2, 0.25) is 10.0 Å². The van der Waals surface area contributed by atoms with E-state index in [0.29, 0.717) is 44.2 Å². The van der Waals surface area contributed by atoms with Gasteiger partial charge in [0.05, 0.1) is 33.7 Å². The van der Waals surface area contributed by atoms with Gasteiger partial charge in [-0.25, -0.2) is 4.98 Å². The van der Waals surface area contributed by atoms with E-state index in [1.165, 1.54) is 11.8 Å². The number of rotatable bonds is 8. The zero-order chi connectivity index (χ0) is 25.5. The molecule has 36 heavy (non-hydrogen) atoms. The van der Waals surface area contributed by atoms with Gasteiger partial charge >= 0.3 is 0 Å². The summed E-state index contributed by atoms with van der Waals surface area (Å²) in [6, 6.07) is 26.2. The second-order valence-corrected chi connectivity index (χ2v) is 9.41. The lowest BCUT2D eigenvalue weighted by molar-refractivity contribution is -0.113. The van der Waals surface area contributed by atoms with Crippen molar-refractivity contribution in [3.8, 4) is 34.2 Å². The lowest BCUT2D eigenvalue weighted by Crippen LogP contribution is -2.14. The fraction of sp³-hybridized carbons (Fsp3) is 0.107. The summed E-state index contributed by atoms with van der Waals surface area (Å²) >= 11 is 13.6. The molecule has 1 heterocycles. The first-order valence-electron chi connectivity index (χ1n) is 11.1. The fourth-order valence-corrected chi connectivity index (χ4v) is 4.62. The third kappa shape index (κ3) is 6.19. The summed E-state index contributed by atoms with van der Waals surface area (Å²) < 4.78 is 5.43. The first-order chi connectivity index (χ1) is 17.5. The zero-order valence-corrected chi connectivity index (χ0v) is 21.6. The number of nitriles is 1. The van der Waals surface area contributed by atoms with Gasteiger partial charge in [0.1, 0.15) is 16.8 Å². The third-order valence-corrected chi connectivity index (χ3v) is 6.90. The monoisotopic (exact) mass is 533 g/mol. The molecule has 0 unspecified atom stereocenters. The Hall–Kier alpha value is -3.50. The molecule has 0 aliphatic rings. The average molecular weight is 534 g/mol. The summed E-state index contributed by atoms with van der Waals surface area (Å²) in [5, 5.41) is 14.2. The number of hydrogen-bond donors (Lipinski definition) is 1. The largest absolute Gasteiger partial charge is 0.494 e. The molecular formula is C28H21Cl2N3O2S. The van der Waals surface area contributed by atoms with Crippen LogP contribution in [0.3, 0.4) is 0 Å². The van der Waals surface area contributed by atoms with E-state index in [2.05, 4.69) is 11.4 Å². The molecule has 0 bridgehead atoms. The first-order valence-corrected chi connectivity index (χ1v) is 12.8. The van der Waals surface area contributed by atoms with Crippen molar-refractivity contribution >= 4 is 46.6 Å². The number of aromatic nitrogens is 1. The molecule has 0 atom stereocenters. The number of carbonyl (C=O) groups is 1. The van der Waals surface area contributed by atoms with Gasteiger partial charge in [0.25, 0.3) is 0 Å². The van der Waals surface area contributed by atoms with Crippen LogP contribution in [0.15, 0.2) is 83.9 Å². The highest BCUT2D eigenvalue weighted by Gasteiger charge is 2.18. The molecule has 0 saturated heterocycles. The van der Waals surface area contributed by atoms with Crippen molar-refractivity contribution in [1.82, 2.24) is 4.98 Å². The minimum Gasteiger partial charge on any atom is -0.494 e. The molecule has 0 radical (unpaired) electrons. The van der Waals surface area contributed by atoms with Crippen LogP contribution in [-0.2, 0) is 4.79 Å². The molecule has 5 nitrogen and oxygen atoms in total. The van der Waals surface area contributed by atoms with Crippen LogP contribution in [0, 0.1) is 11.3 Å². The van der Waals surface area contributed by atoms with Crippen LogP contribution in [0.25, 0.3) is 22.4 Å². The number of amides is 1. The number of nitrogens with one attached hydrogen (secondary N) is 1. The van der Waals surface area contributed by atoms with Crippen molar-refractivity contribution in [3.05, 3.63) is 94.5 Å². The average Bonchev–Trinajstić information content (AvgIpc) is 2.90. The number of benzene rings is 3. The molecule has 1 N–H and O–H groups in total. The quantitative estimate of drug-likeness (QED) is 0.234. The maximum Gasteiger partial charge on any atom is 0.234 e. The first kappa shape index (κ1) is 25.6. The van der Waals surface area contributed by atoms with Gasteiger partial charge in [-0.05, 0) is 55.0 Å². The SMILES string of the molecule is CCOc1ccc(NC(=O)CSc2nc(-c3ccccc3)cc(-c3ccc(Cl)c(Cl)c3)c2C#N)cc1. The van der Waals surface area contributed by atoms with Crippen LogP contribution >= 0.6 is 35.0 Å². The molecule has 3 aromatic carbocycles. The lowest BCUT2D eigenvalue weighted by atomic mass is 9.99. The molecule has 180 valence electrons. The highest BCUT2D eigenvalue weighted by atomic mass is 35.5. The second-order valence-electron chi connectivity index (χ2n) is 7.64. The van der Waals surface area contributed by atoms with E-state index in [4.69, 9.17) is 32.9 Å². The Balaban J connectivity index is 1.64. The van der Waals surface area contributed by atoms with Crippen molar-refractivity contribution in [2.24, 2.45) is 0 Å². The Morgan fingerprint density at radius 1 is 1.00 bits per heavy atom. The zero-order valence-electron chi connectivity index (χ0n) is 19.3. The van der Waals surface area contributed by atoms with E-state index in [1.807, 2.05) is 49.4 Å². The maximum atomic E-state index is 12.7. The van der Waals surface area contributed by atoms with Crippen LogP contribution in [-0.4, -0.2) is 23.3 Å². The summed E-state index contributed by atoms with van der Waals surface area (Å²) in [5.41, 5.74) is 4.01. The van der Waals surface area contributed by atoms with Gasteiger partial charge in [-0.2, -0.15) is 5.26 Å². The number of pyridine rings is 1. The van der Waals surface area contributed by atoms with Gasteiger partial charge in [-0.3, -0.25) is 4.79 Å². The number of ether oxygens (including phenoxy) is 1. The second kappa shape index (κ2) is 12.0. The molecule has 0 aliphatic heterocycles. The minimum atomic E-state index is -0.212. The smallest absolute Gasteiger partial charge is 0.234 e. The van der Waals surface area contributed by atoms with Crippen molar-refractivity contribution in [2.45, 2.75) is 11.9 Å². The number of thioether (sulfide) groups is 1. The summed E-state index contributed by atoms with van der Waals surface area (Å²) in [6.45, 7) is 2.49. The van der Waals surface area contributed by atoms with Crippen LogP contribution < -0.4 is 10.1 Å². The van der Waals surface area contributed by atoms with Gasteiger partial charge in [0, 0.05) is 16.8 Å². The van der Waals surface area contributed by atoms with Gasteiger partial charge in [-0.1, -0.05) is 71.4 Å². The molecule has 0 fully saturated rings. The van der Waals surface area contributed by atoms with Gasteiger partial charge in [0.2, 0.25) is 5.91 Å². The van der Waals surface area contributed by atoms with Crippen molar-refractivity contribution < 1.29 is 9.53 Å². The van der Waals surface area contributed by atoms with Crippen LogP contribution in [0.5, 0.6) is 5.75 Å². The summed E-state index contributed by atoms with van der Waals surface area (Å²) in [5.74, 6) is 0.602. The Labute approximate surface area is 224 Å². The Morgan fingerprint density at radius 3 is 2.42 bits per heavy atom. The standard InChI is InChI=1S/C28H21Cl2N3O2S/c1-2-35-21-11-9-20(10-12-21)32-27(34)17-36-28-23(16-31)22(19-8-13-24(29)25(30)14-19)15-26(33-28)18-6-4-3-5-7-18/h3-15H,2,17H2,1H3,(H,32,34). The minimum absolute atomic E-state index is 0.0773. The number of carbonyl (C=O) groups excluding carboxylic acids is 1. The van der Waals surface area contributed by atoms with E-state index in [9.17, 15) is 10.1 Å². The number of halogens is 2. The fourth-order valence-electron chi connectivity index (χ4n) is 3.51. The summed E-state index contributed by atoms with van der Waals surface area (Å²) in [6.07, 6.45) is 0. The molecule has 0 spiro atoms. The number of anilines is 1. The van der Waals surface area contributed by atoms with Crippen LogP contribution in [0.4, 0.5) is 5.69 Å². The van der Waals surface area contributed by atoms with E-state index in [0.717, 1.165) is 16.9 Å². The Morgan fingerprint density at radius 2 is 1.75 bits per heavy atom. The predicted molar refractivity (Wildman–Crippen MR) is 147 cm³/mol. The molecule has 4 rings (SSSR count). The topological polar surface area (TPSA) is 75.0 Å². The van der Waals surface area contributed by atoms with Crippen LogP contribution in [0.1, 0.15) is 12.5 Å². The summed E-state index contributed by atoms with van der Waals surface area (Å²) in [4.78, 5) is 17.4. The number of nitrogens with zero attached hydrogens (tertiary/aromatic N) is 2. The lowest BCUT2D eigenvalue weighted by Gasteiger charge is -2.13. The Bertz CT molecular complexity index is 1420. The van der Waals surface area contributed by atoms with E-state index < -0.39 is 0 Å². The molecule has 8 heteroatoms. The number of hydrogen-bond acceptors (Lipinski definition) is 5. The normalized spacial score (nSPS) is 10.5. The highest BCUT2D eigenvalue weighted by Crippen LogP contribution is 2.36.